The Morgan fingerprint density at radius 2 is 1.84 bits per heavy atom. The largest absolute Gasteiger partial charge is 0.481 e. The first-order chi connectivity index (χ1) is 18.3. The molecule has 0 spiro atoms. The van der Waals surface area contributed by atoms with Crippen molar-refractivity contribution in [1.29, 1.82) is 0 Å². The Morgan fingerprint density at radius 3 is 2.45 bits per heavy atom. The molecule has 2 amide bonds. The maximum atomic E-state index is 14.3. The number of anilines is 1. The number of nitro groups is 1. The Labute approximate surface area is 219 Å². The van der Waals surface area contributed by atoms with E-state index < -0.39 is 16.6 Å². The number of piperidine rings is 1. The van der Waals surface area contributed by atoms with Crippen LogP contribution in [-0.4, -0.2) is 46.8 Å². The maximum Gasteiger partial charge on any atom is 0.273 e. The molecule has 0 unspecified atom stereocenters. The average Bonchev–Trinajstić information content (AvgIpc) is 2.92. The Bertz CT molecular complexity index is 1320. The number of nitrogens with one attached hydrogen (secondary N) is 1. The van der Waals surface area contributed by atoms with E-state index in [4.69, 9.17) is 4.74 Å². The van der Waals surface area contributed by atoms with Crippen molar-refractivity contribution in [2.24, 2.45) is 0 Å². The van der Waals surface area contributed by atoms with Crippen LogP contribution in [0, 0.1) is 22.9 Å². The van der Waals surface area contributed by atoms with Gasteiger partial charge in [0.25, 0.3) is 11.6 Å². The minimum Gasteiger partial charge on any atom is -0.481 e. The number of amides is 2. The Kier molecular flexibility index (Phi) is 8.30. The van der Waals surface area contributed by atoms with Crippen molar-refractivity contribution >= 4 is 23.2 Å². The number of nitrogens with zero attached hydrogens (tertiary/aromatic N) is 3. The third kappa shape index (κ3) is 6.13. The zero-order valence-corrected chi connectivity index (χ0v) is 21.3. The molecule has 0 radical (unpaired) electrons. The highest BCUT2D eigenvalue weighted by molar-refractivity contribution is 6.06. The molecule has 0 bridgehead atoms. The third-order valence-corrected chi connectivity index (χ3v) is 6.93. The highest BCUT2D eigenvalue weighted by Crippen LogP contribution is 2.30. The summed E-state index contributed by atoms with van der Waals surface area (Å²) in [5, 5.41) is 13.8. The molecule has 0 atom stereocenters. The number of rotatable bonds is 8. The second kappa shape index (κ2) is 11.8. The molecule has 1 aliphatic heterocycles. The molecule has 198 valence electrons. The van der Waals surface area contributed by atoms with Crippen LogP contribution in [0.25, 0.3) is 0 Å². The Hall–Kier alpha value is -4.34. The average molecular weight is 521 g/mol. The van der Waals surface area contributed by atoms with Gasteiger partial charge in [0, 0.05) is 49.1 Å². The molecule has 38 heavy (non-hydrogen) atoms. The summed E-state index contributed by atoms with van der Waals surface area (Å²) in [7, 11) is 1.56. The predicted octanol–water partition coefficient (Wildman–Crippen LogP) is 5.04. The van der Waals surface area contributed by atoms with Gasteiger partial charge in [-0.1, -0.05) is 18.2 Å². The van der Waals surface area contributed by atoms with Gasteiger partial charge in [-0.3, -0.25) is 19.7 Å². The number of carbonyl (C=O) groups is 2. The lowest BCUT2D eigenvalue weighted by Crippen LogP contribution is -2.38. The van der Waals surface area contributed by atoms with E-state index in [9.17, 15) is 24.1 Å². The zero-order valence-electron chi connectivity index (χ0n) is 21.3. The van der Waals surface area contributed by atoms with Crippen molar-refractivity contribution in [3.8, 4) is 5.88 Å². The van der Waals surface area contributed by atoms with Crippen LogP contribution in [0.3, 0.4) is 0 Å². The van der Waals surface area contributed by atoms with Crippen LogP contribution >= 0.6 is 0 Å². The fraction of sp³-hybridized carbons (Fsp3) is 0.321. The summed E-state index contributed by atoms with van der Waals surface area (Å²) in [6.45, 7) is 2.70. The van der Waals surface area contributed by atoms with Gasteiger partial charge in [0.05, 0.1) is 17.6 Å². The fourth-order valence-corrected chi connectivity index (χ4v) is 4.73. The van der Waals surface area contributed by atoms with Crippen LogP contribution in [-0.2, 0) is 11.2 Å². The fourth-order valence-electron chi connectivity index (χ4n) is 4.73. The van der Waals surface area contributed by atoms with Gasteiger partial charge in [-0.05, 0) is 61.4 Å². The van der Waals surface area contributed by atoms with Crippen LogP contribution in [0.1, 0.15) is 52.2 Å². The van der Waals surface area contributed by atoms with Crippen molar-refractivity contribution in [3.05, 3.63) is 92.9 Å². The molecular formula is C28H29FN4O5. The standard InChI is InChI=1S/C28H29FN4O5/c1-18-24(33(36)37)10-9-23(29)27(18)28(35)31-22-7-5-20(6-8-22)21-13-15-32(16-14-21)26(34)12-4-19-3-11-25(38-2)30-17-19/h3,5-11,17,21H,4,12-16H2,1-2H3,(H,31,35). The minimum atomic E-state index is -0.816. The number of ether oxygens (including phenoxy) is 1. The van der Waals surface area contributed by atoms with Crippen molar-refractivity contribution in [3.63, 3.8) is 0 Å². The molecule has 1 saturated heterocycles. The van der Waals surface area contributed by atoms with Gasteiger partial charge in [-0.15, -0.1) is 0 Å². The lowest BCUT2D eigenvalue weighted by Gasteiger charge is -2.32. The normalized spacial score (nSPS) is 13.7. The van der Waals surface area contributed by atoms with Gasteiger partial charge in [0.2, 0.25) is 11.8 Å². The summed E-state index contributed by atoms with van der Waals surface area (Å²) >= 11 is 0. The highest BCUT2D eigenvalue weighted by Gasteiger charge is 2.25. The lowest BCUT2D eigenvalue weighted by atomic mass is 9.89. The number of nitro benzene ring substituents is 1. The maximum absolute atomic E-state index is 14.3. The van der Waals surface area contributed by atoms with Gasteiger partial charge < -0.3 is 15.0 Å². The smallest absolute Gasteiger partial charge is 0.273 e. The highest BCUT2D eigenvalue weighted by atomic mass is 19.1. The van der Waals surface area contributed by atoms with Crippen molar-refractivity contribution < 1.29 is 23.6 Å². The number of halogens is 1. The number of likely N-dealkylation sites (tertiary alicyclic amines) is 1. The van der Waals surface area contributed by atoms with Gasteiger partial charge in [-0.2, -0.15) is 0 Å². The topological polar surface area (TPSA) is 115 Å². The molecule has 1 N–H and O–H groups in total. The number of aromatic nitrogens is 1. The molecule has 0 aliphatic carbocycles. The second-order valence-corrected chi connectivity index (χ2v) is 9.26. The van der Waals surface area contributed by atoms with Gasteiger partial charge >= 0.3 is 0 Å². The van der Waals surface area contributed by atoms with Crippen molar-refractivity contribution in [2.45, 2.75) is 38.5 Å². The SMILES string of the molecule is COc1ccc(CCC(=O)N2CCC(c3ccc(NC(=O)c4c(F)ccc([N+](=O)[O-])c4C)cc3)CC2)cn1. The summed E-state index contributed by atoms with van der Waals surface area (Å²) in [6.07, 6.45) is 4.45. The molecule has 10 heteroatoms. The minimum absolute atomic E-state index is 0.0221. The van der Waals surface area contributed by atoms with E-state index >= 15 is 0 Å². The number of benzene rings is 2. The summed E-state index contributed by atoms with van der Waals surface area (Å²) in [5.41, 5.74) is 1.87. The molecule has 9 nitrogen and oxygen atoms in total. The van der Waals surface area contributed by atoms with Crippen LogP contribution in [0.4, 0.5) is 15.8 Å². The number of hydrogen-bond acceptors (Lipinski definition) is 6. The van der Waals surface area contributed by atoms with Crippen LogP contribution in [0.2, 0.25) is 0 Å². The summed E-state index contributed by atoms with van der Waals surface area (Å²) in [5.74, 6) is -0.603. The van der Waals surface area contributed by atoms with E-state index in [1.807, 2.05) is 23.1 Å². The Morgan fingerprint density at radius 1 is 1.13 bits per heavy atom. The van der Waals surface area contributed by atoms with E-state index in [0.717, 1.165) is 36.1 Å². The first kappa shape index (κ1) is 26.7. The van der Waals surface area contributed by atoms with E-state index in [1.54, 1.807) is 31.5 Å². The molecule has 2 heterocycles. The molecule has 3 aromatic rings. The van der Waals surface area contributed by atoms with Crippen LogP contribution < -0.4 is 10.1 Å². The van der Waals surface area contributed by atoms with Crippen molar-refractivity contribution in [1.82, 2.24) is 9.88 Å². The molecule has 0 saturated carbocycles. The van der Waals surface area contributed by atoms with Crippen LogP contribution in [0.5, 0.6) is 5.88 Å². The molecule has 2 aromatic carbocycles. The summed E-state index contributed by atoms with van der Waals surface area (Å²) in [4.78, 5) is 41.9. The van der Waals surface area contributed by atoms with Gasteiger partial charge in [-0.25, -0.2) is 9.37 Å². The number of carbonyl (C=O) groups excluding carboxylic acids is 2. The lowest BCUT2D eigenvalue weighted by molar-refractivity contribution is -0.385. The first-order valence-corrected chi connectivity index (χ1v) is 12.4. The molecule has 4 rings (SSSR count). The summed E-state index contributed by atoms with van der Waals surface area (Å²) in [6, 6.07) is 13.0. The number of pyridine rings is 1. The molecule has 1 fully saturated rings. The van der Waals surface area contributed by atoms with Crippen LogP contribution in [0.15, 0.2) is 54.7 Å². The zero-order chi connectivity index (χ0) is 27.2. The summed E-state index contributed by atoms with van der Waals surface area (Å²) < 4.78 is 19.3. The number of methoxy groups -OCH3 is 1. The van der Waals surface area contributed by atoms with E-state index in [1.165, 1.54) is 6.92 Å². The molecule has 1 aliphatic rings. The van der Waals surface area contributed by atoms with E-state index in [-0.39, 0.29) is 28.6 Å². The second-order valence-electron chi connectivity index (χ2n) is 9.26. The van der Waals surface area contributed by atoms with Gasteiger partial charge in [0.1, 0.15) is 5.82 Å². The molecular weight excluding hydrogens is 491 g/mol. The number of aryl methyl sites for hydroxylation is 1. The van der Waals surface area contributed by atoms with Crippen molar-refractivity contribution in [2.75, 3.05) is 25.5 Å². The first-order valence-electron chi connectivity index (χ1n) is 12.4. The van der Waals surface area contributed by atoms with Gasteiger partial charge in [0.15, 0.2) is 0 Å². The quantitative estimate of drug-likeness (QED) is 0.329. The number of hydrogen-bond donors (Lipinski definition) is 1. The third-order valence-electron chi connectivity index (χ3n) is 6.93. The predicted molar refractivity (Wildman–Crippen MR) is 140 cm³/mol. The van der Waals surface area contributed by atoms with E-state index in [0.29, 0.717) is 37.5 Å². The Balaban J connectivity index is 1.30. The molecule has 1 aromatic heterocycles. The van der Waals surface area contributed by atoms with E-state index in [2.05, 4.69) is 10.3 Å². The monoisotopic (exact) mass is 520 g/mol.